The Morgan fingerprint density at radius 1 is 1.53 bits per heavy atom. The normalized spacial score (nSPS) is 11.8. The molecular weight excluding hydrogens is 216 g/mol. The number of hydrogen-bond acceptors (Lipinski definition) is 4. The Bertz CT molecular complexity index is 568. The van der Waals surface area contributed by atoms with E-state index in [4.69, 9.17) is 5.26 Å². The van der Waals surface area contributed by atoms with E-state index in [1.807, 2.05) is 6.07 Å². The minimum Gasteiger partial charge on any atom is -0.292 e. The van der Waals surface area contributed by atoms with E-state index in [2.05, 4.69) is 10.1 Å². The number of rotatable bonds is 3. The summed E-state index contributed by atoms with van der Waals surface area (Å²) in [6, 6.07) is 7.14. The van der Waals surface area contributed by atoms with E-state index in [1.165, 1.54) is 10.9 Å². The SMILES string of the molecule is Cn1cc(C(=O)C(C#N)c2ccccn2)cn1. The van der Waals surface area contributed by atoms with Crippen molar-refractivity contribution in [3.8, 4) is 6.07 Å². The first-order chi connectivity index (χ1) is 8.22. The molecule has 0 radical (unpaired) electrons. The fourth-order valence-electron chi connectivity index (χ4n) is 1.52. The number of nitrogens with zero attached hydrogens (tertiary/aromatic N) is 4. The number of nitriles is 1. The summed E-state index contributed by atoms with van der Waals surface area (Å²) in [7, 11) is 1.72. The molecular formula is C12H10N4O. The van der Waals surface area contributed by atoms with Crippen molar-refractivity contribution >= 4 is 5.78 Å². The van der Waals surface area contributed by atoms with E-state index >= 15 is 0 Å². The van der Waals surface area contributed by atoms with Crippen molar-refractivity contribution in [2.24, 2.45) is 7.05 Å². The first kappa shape index (κ1) is 11.0. The summed E-state index contributed by atoms with van der Waals surface area (Å²) < 4.78 is 1.53. The average molecular weight is 226 g/mol. The Hall–Kier alpha value is -2.48. The lowest BCUT2D eigenvalue weighted by atomic mass is 9.97. The van der Waals surface area contributed by atoms with Gasteiger partial charge in [-0.1, -0.05) is 6.07 Å². The number of ketones is 1. The minimum atomic E-state index is -0.875. The van der Waals surface area contributed by atoms with Crippen LogP contribution in [0.3, 0.4) is 0 Å². The monoisotopic (exact) mass is 226 g/mol. The molecule has 5 nitrogen and oxygen atoms in total. The highest BCUT2D eigenvalue weighted by molar-refractivity contribution is 6.02. The molecule has 2 aromatic heterocycles. The van der Waals surface area contributed by atoms with Crippen molar-refractivity contribution in [2.75, 3.05) is 0 Å². The Labute approximate surface area is 98.3 Å². The van der Waals surface area contributed by atoms with Crippen LogP contribution >= 0.6 is 0 Å². The summed E-state index contributed by atoms with van der Waals surface area (Å²) in [4.78, 5) is 16.1. The van der Waals surface area contributed by atoms with Crippen LogP contribution in [0, 0.1) is 11.3 Å². The number of hydrogen-bond donors (Lipinski definition) is 0. The van der Waals surface area contributed by atoms with Gasteiger partial charge in [0.05, 0.1) is 23.5 Å². The average Bonchev–Trinajstić information content (AvgIpc) is 2.78. The predicted molar refractivity (Wildman–Crippen MR) is 60.1 cm³/mol. The molecule has 0 aliphatic heterocycles. The molecule has 2 rings (SSSR count). The molecule has 0 spiro atoms. The van der Waals surface area contributed by atoms with Gasteiger partial charge in [-0.25, -0.2) is 0 Å². The molecule has 5 heteroatoms. The summed E-state index contributed by atoms with van der Waals surface area (Å²) in [5.74, 6) is -1.15. The zero-order chi connectivity index (χ0) is 12.3. The maximum absolute atomic E-state index is 12.1. The van der Waals surface area contributed by atoms with Gasteiger partial charge in [0.15, 0.2) is 11.7 Å². The summed E-state index contributed by atoms with van der Waals surface area (Å²) in [5, 5.41) is 13.0. The Balaban J connectivity index is 2.32. The zero-order valence-corrected chi connectivity index (χ0v) is 9.24. The molecule has 0 aromatic carbocycles. The van der Waals surface area contributed by atoms with Gasteiger partial charge in [0.1, 0.15) is 0 Å². The molecule has 2 aromatic rings. The lowest BCUT2D eigenvalue weighted by Gasteiger charge is -2.05. The number of aromatic nitrogens is 3. The fourth-order valence-corrected chi connectivity index (χ4v) is 1.52. The molecule has 0 aliphatic carbocycles. The van der Waals surface area contributed by atoms with E-state index in [1.54, 1.807) is 37.6 Å². The molecule has 1 unspecified atom stereocenters. The predicted octanol–water partition coefficient (Wildman–Crippen LogP) is 1.31. The maximum Gasteiger partial charge on any atom is 0.189 e. The first-order valence-corrected chi connectivity index (χ1v) is 5.06. The summed E-state index contributed by atoms with van der Waals surface area (Å²) in [6.07, 6.45) is 4.61. The van der Waals surface area contributed by atoms with Crippen molar-refractivity contribution < 1.29 is 4.79 Å². The number of carbonyl (C=O) groups excluding carboxylic acids is 1. The molecule has 0 amide bonds. The Kier molecular flexibility index (Phi) is 2.97. The molecule has 2 heterocycles. The van der Waals surface area contributed by atoms with Gasteiger partial charge in [0.2, 0.25) is 0 Å². The van der Waals surface area contributed by atoms with Gasteiger partial charge < -0.3 is 0 Å². The summed E-state index contributed by atoms with van der Waals surface area (Å²) >= 11 is 0. The van der Waals surface area contributed by atoms with Crippen molar-refractivity contribution in [3.05, 3.63) is 48.0 Å². The highest BCUT2D eigenvalue weighted by Crippen LogP contribution is 2.17. The second kappa shape index (κ2) is 4.58. The van der Waals surface area contributed by atoms with Gasteiger partial charge in [0.25, 0.3) is 0 Å². The van der Waals surface area contributed by atoms with Gasteiger partial charge >= 0.3 is 0 Å². The molecule has 1 atom stereocenters. The van der Waals surface area contributed by atoms with Crippen LogP contribution in [0.5, 0.6) is 0 Å². The largest absolute Gasteiger partial charge is 0.292 e. The molecule has 0 bridgehead atoms. The van der Waals surface area contributed by atoms with Gasteiger partial charge in [0, 0.05) is 19.4 Å². The van der Waals surface area contributed by atoms with E-state index in [9.17, 15) is 4.79 Å². The van der Waals surface area contributed by atoms with E-state index in [0.717, 1.165) is 0 Å². The van der Waals surface area contributed by atoms with Gasteiger partial charge in [-0.15, -0.1) is 0 Å². The topological polar surface area (TPSA) is 71.6 Å². The van der Waals surface area contributed by atoms with E-state index in [0.29, 0.717) is 11.3 Å². The summed E-state index contributed by atoms with van der Waals surface area (Å²) in [6.45, 7) is 0. The number of pyridine rings is 1. The quantitative estimate of drug-likeness (QED) is 0.739. The lowest BCUT2D eigenvalue weighted by Crippen LogP contribution is -2.11. The van der Waals surface area contributed by atoms with Crippen LogP contribution in [0.2, 0.25) is 0 Å². The number of aryl methyl sites for hydroxylation is 1. The van der Waals surface area contributed by atoms with Crippen LogP contribution in [0.25, 0.3) is 0 Å². The third-order valence-electron chi connectivity index (χ3n) is 2.36. The van der Waals surface area contributed by atoms with Gasteiger partial charge in [-0.2, -0.15) is 10.4 Å². The minimum absolute atomic E-state index is 0.278. The van der Waals surface area contributed by atoms with Crippen molar-refractivity contribution in [1.82, 2.24) is 14.8 Å². The Morgan fingerprint density at radius 3 is 2.88 bits per heavy atom. The fraction of sp³-hybridized carbons (Fsp3) is 0.167. The number of Topliss-reactive ketones (excluding diaryl/α,β-unsaturated/α-hetero) is 1. The van der Waals surface area contributed by atoms with Crippen molar-refractivity contribution in [2.45, 2.75) is 5.92 Å². The Morgan fingerprint density at radius 2 is 2.35 bits per heavy atom. The maximum atomic E-state index is 12.1. The molecule has 0 N–H and O–H groups in total. The first-order valence-electron chi connectivity index (χ1n) is 5.06. The smallest absolute Gasteiger partial charge is 0.189 e. The van der Waals surface area contributed by atoms with Crippen LogP contribution in [-0.4, -0.2) is 20.5 Å². The summed E-state index contributed by atoms with van der Waals surface area (Å²) in [5.41, 5.74) is 0.883. The van der Waals surface area contributed by atoms with Crippen LogP contribution < -0.4 is 0 Å². The zero-order valence-electron chi connectivity index (χ0n) is 9.24. The van der Waals surface area contributed by atoms with Gasteiger partial charge in [-0.3, -0.25) is 14.5 Å². The molecule has 17 heavy (non-hydrogen) atoms. The second-order valence-corrected chi connectivity index (χ2v) is 3.58. The molecule has 0 saturated heterocycles. The number of carbonyl (C=O) groups is 1. The molecule has 0 fully saturated rings. The third kappa shape index (κ3) is 2.21. The van der Waals surface area contributed by atoms with Crippen LogP contribution in [0.4, 0.5) is 0 Å². The highest BCUT2D eigenvalue weighted by atomic mass is 16.1. The standard InChI is InChI=1S/C12H10N4O/c1-16-8-9(7-15-16)12(17)10(6-13)11-4-2-3-5-14-11/h2-5,7-8,10H,1H3. The molecule has 84 valence electrons. The highest BCUT2D eigenvalue weighted by Gasteiger charge is 2.23. The lowest BCUT2D eigenvalue weighted by molar-refractivity contribution is 0.0977. The second-order valence-electron chi connectivity index (χ2n) is 3.58. The van der Waals surface area contributed by atoms with Crippen molar-refractivity contribution in [3.63, 3.8) is 0 Å². The van der Waals surface area contributed by atoms with Crippen LogP contribution in [0.1, 0.15) is 22.0 Å². The van der Waals surface area contributed by atoms with E-state index in [-0.39, 0.29) is 5.78 Å². The van der Waals surface area contributed by atoms with Crippen molar-refractivity contribution in [1.29, 1.82) is 5.26 Å². The third-order valence-corrected chi connectivity index (χ3v) is 2.36. The molecule has 0 aliphatic rings. The molecule has 0 saturated carbocycles. The van der Waals surface area contributed by atoms with E-state index < -0.39 is 5.92 Å². The van der Waals surface area contributed by atoms with Crippen LogP contribution in [-0.2, 0) is 7.05 Å². The van der Waals surface area contributed by atoms with Crippen LogP contribution in [0.15, 0.2) is 36.8 Å². The van der Waals surface area contributed by atoms with Gasteiger partial charge in [-0.05, 0) is 12.1 Å².